The quantitative estimate of drug-likeness (QED) is 0.918. The zero-order valence-corrected chi connectivity index (χ0v) is 11.5. The molecule has 1 saturated heterocycles. The summed E-state index contributed by atoms with van der Waals surface area (Å²) in [5, 5.41) is 8.93. The van der Waals surface area contributed by atoms with Gasteiger partial charge in [-0.3, -0.25) is 4.98 Å². The standard InChI is InChI=1S/C14H17N3O3/c1-16(2)9-3-4-17(8-9)10-5-12-11(15-7-10)6-13(20-12)14(18)19/h5-7,9H,3-4,8H2,1-2H3,(H,18,19). The summed E-state index contributed by atoms with van der Waals surface area (Å²) in [7, 11) is 4.17. The van der Waals surface area contributed by atoms with Crippen molar-refractivity contribution in [2.45, 2.75) is 12.5 Å². The lowest BCUT2D eigenvalue weighted by molar-refractivity contribution is 0.0665. The number of hydrogen-bond donors (Lipinski definition) is 1. The molecular formula is C14H17N3O3. The largest absolute Gasteiger partial charge is 0.475 e. The van der Waals surface area contributed by atoms with Gasteiger partial charge in [-0.25, -0.2) is 4.79 Å². The first-order valence-corrected chi connectivity index (χ1v) is 6.59. The summed E-state index contributed by atoms with van der Waals surface area (Å²) >= 11 is 0. The highest BCUT2D eigenvalue weighted by Gasteiger charge is 2.24. The molecular weight excluding hydrogens is 258 g/mol. The third kappa shape index (κ3) is 2.22. The Kier molecular flexibility index (Phi) is 3.10. The van der Waals surface area contributed by atoms with Crippen LogP contribution in [0.5, 0.6) is 0 Å². The topological polar surface area (TPSA) is 69.8 Å². The van der Waals surface area contributed by atoms with Crippen molar-refractivity contribution in [1.29, 1.82) is 0 Å². The van der Waals surface area contributed by atoms with E-state index in [4.69, 9.17) is 9.52 Å². The Morgan fingerprint density at radius 3 is 2.95 bits per heavy atom. The Morgan fingerprint density at radius 1 is 1.50 bits per heavy atom. The molecule has 1 fully saturated rings. The van der Waals surface area contributed by atoms with Gasteiger partial charge in [0, 0.05) is 31.3 Å². The minimum atomic E-state index is -1.07. The normalized spacial score (nSPS) is 19.1. The summed E-state index contributed by atoms with van der Waals surface area (Å²) in [5.74, 6) is -1.14. The summed E-state index contributed by atoms with van der Waals surface area (Å²) in [6.45, 7) is 1.93. The lowest BCUT2D eigenvalue weighted by atomic mass is 10.2. The second-order valence-corrected chi connectivity index (χ2v) is 5.34. The number of carboxylic acids is 1. The molecule has 6 nitrogen and oxygen atoms in total. The van der Waals surface area contributed by atoms with E-state index in [0.29, 0.717) is 17.1 Å². The van der Waals surface area contributed by atoms with Crippen LogP contribution in [0.4, 0.5) is 5.69 Å². The highest BCUT2D eigenvalue weighted by Crippen LogP contribution is 2.26. The molecule has 106 valence electrons. The van der Waals surface area contributed by atoms with Crippen molar-refractivity contribution in [1.82, 2.24) is 9.88 Å². The van der Waals surface area contributed by atoms with Crippen LogP contribution >= 0.6 is 0 Å². The fourth-order valence-corrected chi connectivity index (χ4v) is 2.58. The SMILES string of the molecule is CN(C)C1CCN(c2cnc3cc(C(=O)O)oc3c2)C1. The van der Waals surface area contributed by atoms with E-state index >= 15 is 0 Å². The first kappa shape index (κ1) is 12.9. The molecule has 0 spiro atoms. The van der Waals surface area contributed by atoms with Crippen LogP contribution in [0.2, 0.25) is 0 Å². The molecule has 0 amide bonds. The van der Waals surface area contributed by atoms with Gasteiger partial charge in [-0.15, -0.1) is 0 Å². The minimum absolute atomic E-state index is 0.0720. The van der Waals surface area contributed by atoms with Crippen molar-refractivity contribution in [3.8, 4) is 0 Å². The maximum atomic E-state index is 10.9. The molecule has 2 aromatic rings. The molecule has 3 rings (SSSR count). The van der Waals surface area contributed by atoms with Gasteiger partial charge in [0.25, 0.3) is 0 Å². The number of carbonyl (C=O) groups is 1. The number of rotatable bonds is 3. The number of aromatic carboxylic acids is 1. The van der Waals surface area contributed by atoms with Crippen LogP contribution in [-0.4, -0.2) is 54.2 Å². The minimum Gasteiger partial charge on any atom is -0.475 e. The molecule has 20 heavy (non-hydrogen) atoms. The first-order chi connectivity index (χ1) is 9.54. The number of hydrogen-bond acceptors (Lipinski definition) is 5. The van der Waals surface area contributed by atoms with Crippen LogP contribution in [0.3, 0.4) is 0 Å². The molecule has 1 aliphatic heterocycles. The van der Waals surface area contributed by atoms with Crippen molar-refractivity contribution < 1.29 is 14.3 Å². The number of carboxylic acid groups (broad SMARTS) is 1. The van der Waals surface area contributed by atoms with Crippen LogP contribution in [0, 0.1) is 0 Å². The Balaban J connectivity index is 1.88. The van der Waals surface area contributed by atoms with Gasteiger partial charge in [0.1, 0.15) is 5.52 Å². The van der Waals surface area contributed by atoms with Gasteiger partial charge >= 0.3 is 5.97 Å². The lowest BCUT2D eigenvalue weighted by Crippen LogP contribution is -2.31. The van der Waals surface area contributed by atoms with E-state index in [-0.39, 0.29) is 5.76 Å². The van der Waals surface area contributed by atoms with Gasteiger partial charge in [-0.05, 0) is 20.5 Å². The van der Waals surface area contributed by atoms with Gasteiger partial charge in [0.05, 0.1) is 11.9 Å². The predicted octanol–water partition coefficient (Wildman–Crippen LogP) is 1.67. The van der Waals surface area contributed by atoms with Crippen LogP contribution in [0.25, 0.3) is 11.1 Å². The average Bonchev–Trinajstić information content (AvgIpc) is 3.04. The monoisotopic (exact) mass is 275 g/mol. The average molecular weight is 275 g/mol. The molecule has 6 heteroatoms. The van der Waals surface area contributed by atoms with Crippen LogP contribution in [-0.2, 0) is 0 Å². The Labute approximate surface area is 116 Å². The summed E-state index contributed by atoms with van der Waals surface area (Å²) in [6, 6.07) is 3.86. The Bertz CT molecular complexity index is 650. The summed E-state index contributed by atoms with van der Waals surface area (Å²) < 4.78 is 5.30. The molecule has 0 bridgehead atoms. The molecule has 0 aromatic carbocycles. The number of anilines is 1. The van der Waals surface area contributed by atoms with Crippen LogP contribution < -0.4 is 4.90 Å². The number of nitrogens with zero attached hydrogens (tertiary/aromatic N) is 3. The summed E-state index contributed by atoms with van der Waals surface area (Å²) in [4.78, 5) is 19.7. The fraction of sp³-hybridized carbons (Fsp3) is 0.429. The van der Waals surface area contributed by atoms with E-state index in [1.54, 1.807) is 6.20 Å². The molecule has 3 heterocycles. The second kappa shape index (κ2) is 4.79. The number of fused-ring (bicyclic) bond motifs is 1. The van der Waals surface area contributed by atoms with Crippen LogP contribution in [0.15, 0.2) is 22.7 Å². The lowest BCUT2D eigenvalue weighted by Gasteiger charge is -2.21. The molecule has 1 aliphatic rings. The van der Waals surface area contributed by atoms with E-state index in [1.165, 1.54) is 6.07 Å². The predicted molar refractivity (Wildman–Crippen MR) is 75.3 cm³/mol. The summed E-state index contributed by atoms with van der Waals surface area (Å²) in [5.41, 5.74) is 2.08. The van der Waals surface area contributed by atoms with Crippen LogP contribution in [0.1, 0.15) is 17.0 Å². The maximum Gasteiger partial charge on any atom is 0.371 e. The fourth-order valence-electron chi connectivity index (χ4n) is 2.58. The Hall–Kier alpha value is -2.08. The van der Waals surface area contributed by atoms with Crippen molar-refractivity contribution in [3.63, 3.8) is 0 Å². The van der Waals surface area contributed by atoms with Gasteiger partial charge in [0.2, 0.25) is 5.76 Å². The third-order valence-corrected chi connectivity index (χ3v) is 3.82. The van der Waals surface area contributed by atoms with Gasteiger partial charge < -0.3 is 19.3 Å². The van der Waals surface area contributed by atoms with E-state index < -0.39 is 5.97 Å². The van der Waals surface area contributed by atoms with Gasteiger partial charge in [0.15, 0.2) is 5.58 Å². The second-order valence-electron chi connectivity index (χ2n) is 5.34. The van der Waals surface area contributed by atoms with Crippen molar-refractivity contribution in [3.05, 3.63) is 24.1 Å². The van der Waals surface area contributed by atoms with Gasteiger partial charge in [-0.2, -0.15) is 0 Å². The van der Waals surface area contributed by atoms with Crippen molar-refractivity contribution >= 4 is 22.8 Å². The van der Waals surface area contributed by atoms with E-state index in [1.807, 2.05) is 6.07 Å². The zero-order valence-electron chi connectivity index (χ0n) is 11.5. The number of pyridine rings is 1. The highest BCUT2D eigenvalue weighted by molar-refractivity contribution is 5.90. The van der Waals surface area contributed by atoms with E-state index in [0.717, 1.165) is 25.2 Å². The highest BCUT2D eigenvalue weighted by atomic mass is 16.4. The van der Waals surface area contributed by atoms with Crippen molar-refractivity contribution in [2.24, 2.45) is 0 Å². The number of likely N-dealkylation sites (N-methyl/N-ethyl adjacent to an activating group) is 1. The number of aromatic nitrogens is 1. The molecule has 0 aliphatic carbocycles. The third-order valence-electron chi connectivity index (χ3n) is 3.82. The number of furan rings is 1. The van der Waals surface area contributed by atoms with E-state index in [9.17, 15) is 4.79 Å². The summed E-state index contributed by atoms with van der Waals surface area (Å²) in [6.07, 6.45) is 2.89. The molecule has 0 saturated carbocycles. The molecule has 0 radical (unpaired) electrons. The molecule has 2 aromatic heterocycles. The van der Waals surface area contributed by atoms with Crippen molar-refractivity contribution in [2.75, 3.05) is 32.1 Å². The smallest absolute Gasteiger partial charge is 0.371 e. The maximum absolute atomic E-state index is 10.9. The Morgan fingerprint density at radius 2 is 2.30 bits per heavy atom. The molecule has 1 N–H and O–H groups in total. The van der Waals surface area contributed by atoms with Gasteiger partial charge in [-0.1, -0.05) is 0 Å². The zero-order chi connectivity index (χ0) is 14.3. The first-order valence-electron chi connectivity index (χ1n) is 6.59. The van der Waals surface area contributed by atoms with E-state index in [2.05, 4.69) is 28.9 Å². The molecule has 1 atom stereocenters. The molecule has 1 unspecified atom stereocenters.